The van der Waals surface area contributed by atoms with E-state index < -0.39 is 5.60 Å². The molecule has 5 aromatic carbocycles. The highest BCUT2D eigenvalue weighted by Crippen LogP contribution is 2.46. The molecule has 1 heterocycles. The molecule has 0 saturated heterocycles. The van der Waals surface area contributed by atoms with E-state index in [1.165, 1.54) is 0 Å². The Morgan fingerprint density at radius 1 is 0.434 bits per heavy atom. The Hall–Kier alpha value is -5.95. The number of anilines is 5. The lowest BCUT2D eigenvalue weighted by molar-refractivity contribution is 0.0299. The number of hydrogen-bond donors (Lipinski definition) is 0. The van der Waals surface area contributed by atoms with Crippen molar-refractivity contribution in [3.8, 4) is 0 Å². The van der Waals surface area contributed by atoms with Gasteiger partial charge in [0.15, 0.2) is 5.60 Å². The highest BCUT2D eigenvalue weighted by molar-refractivity contribution is 5.98. The Morgan fingerprint density at radius 2 is 0.717 bits per heavy atom. The molecule has 0 unspecified atom stereocenters. The minimum atomic E-state index is -1.25. The van der Waals surface area contributed by atoms with Crippen LogP contribution in [0.5, 0.6) is 0 Å². The molecule has 7 heteroatoms. The SMILES string of the molecule is CN(C)c1ccc(C(=CC2(C=C(c3ccc(N(C)C)cc3)c3ccc(N(C)C)cc3)OC(=O)c3cc(N(C)C)ccc32)c2ccc(N(C)C)cc2)cc1. The van der Waals surface area contributed by atoms with Gasteiger partial charge in [0, 0.05) is 104 Å². The molecule has 0 N–H and O–H groups in total. The molecule has 0 bridgehead atoms. The Labute approximate surface area is 315 Å². The van der Waals surface area contributed by atoms with Gasteiger partial charge < -0.3 is 29.2 Å². The average molecular weight is 706 g/mol. The average Bonchev–Trinajstić information content (AvgIpc) is 3.43. The molecule has 0 saturated carbocycles. The predicted molar refractivity (Wildman–Crippen MR) is 225 cm³/mol. The van der Waals surface area contributed by atoms with Crippen molar-refractivity contribution in [1.82, 2.24) is 0 Å². The van der Waals surface area contributed by atoms with Crippen molar-refractivity contribution in [3.63, 3.8) is 0 Å². The molecule has 0 radical (unpaired) electrons. The van der Waals surface area contributed by atoms with Crippen molar-refractivity contribution in [2.24, 2.45) is 0 Å². The Kier molecular flexibility index (Phi) is 10.4. The summed E-state index contributed by atoms with van der Waals surface area (Å²) in [5.41, 5.74) is 11.4. The molecule has 272 valence electrons. The minimum Gasteiger partial charge on any atom is -0.442 e. The van der Waals surface area contributed by atoms with E-state index in [1.807, 2.05) is 87.5 Å². The van der Waals surface area contributed by atoms with Crippen LogP contribution in [0, 0.1) is 0 Å². The monoisotopic (exact) mass is 705 g/mol. The second kappa shape index (κ2) is 15.0. The van der Waals surface area contributed by atoms with Gasteiger partial charge in [0.25, 0.3) is 0 Å². The molecule has 1 aliphatic heterocycles. The third-order valence-electron chi connectivity index (χ3n) is 9.92. The maximum atomic E-state index is 14.1. The quantitative estimate of drug-likeness (QED) is 0.128. The van der Waals surface area contributed by atoms with E-state index in [2.05, 4.69) is 135 Å². The van der Waals surface area contributed by atoms with Crippen molar-refractivity contribution in [2.75, 3.05) is 95.0 Å². The zero-order valence-corrected chi connectivity index (χ0v) is 32.7. The van der Waals surface area contributed by atoms with Crippen LogP contribution in [0.2, 0.25) is 0 Å². The number of rotatable bonds is 11. The number of fused-ring (bicyclic) bond motifs is 1. The van der Waals surface area contributed by atoms with E-state index in [4.69, 9.17) is 4.74 Å². The summed E-state index contributed by atoms with van der Waals surface area (Å²) in [7, 11) is 20.3. The smallest absolute Gasteiger partial charge is 0.340 e. The van der Waals surface area contributed by atoms with Crippen LogP contribution in [0.3, 0.4) is 0 Å². The normalized spacial score (nSPS) is 12.7. The maximum absolute atomic E-state index is 14.1. The molecule has 0 amide bonds. The topological polar surface area (TPSA) is 42.5 Å². The lowest BCUT2D eigenvalue weighted by Gasteiger charge is -2.27. The van der Waals surface area contributed by atoms with E-state index >= 15 is 0 Å². The maximum Gasteiger partial charge on any atom is 0.340 e. The number of nitrogens with zero attached hydrogens (tertiary/aromatic N) is 5. The third-order valence-corrected chi connectivity index (χ3v) is 9.92. The van der Waals surface area contributed by atoms with Gasteiger partial charge in [-0.1, -0.05) is 54.6 Å². The van der Waals surface area contributed by atoms with Crippen molar-refractivity contribution in [3.05, 3.63) is 161 Å². The molecule has 7 nitrogen and oxygen atoms in total. The van der Waals surface area contributed by atoms with Crippen molar-refractivity contribution < 1.29 is 9.53 Å². The summed E-state index contributed by atoms with van der Waals surface area (Å²) >= 11 is 0. The van der Waals surface area contributed by atoms with Gasteiger partial charge in [0.1, 0.15) is 0 Å². The van der Waals surface area contributed by atoms with Crippen LogP contribution < -0.4 is 24.5 Å². The van der Waals surface area contributed by atoms with E-state index in [0.717, 1.165) is 67.4 Å². The molecule has 0 aromatic heterocycles. The standard InChI is InChI=1S/C46H51N5O2/c1-47(2)36-19-11-32(12-20-36)42(33-13-21-37(22-14-33)48(3)4)30-46(44-28-27-40(51(9)10)29-41(44)45(52)53-46)31-43(34-15-23-38(24-16-34)49(5)6)35-17-25-39(26-18-35)50(7)8/h11-31H,1-10H3. The van der Waals surface area contributed by atoms with Gasteiger partial charge in [-0.25, -0.2) is 4.79 Å². The molecule has 53 heavy (non-hydrogen) atoms. The summed E-state index contributed by atoms with van der Waals surface area (Å²) in [6, 6.07) is 40.2. The predicted octanol–water partition coefficient (Wildman–Crippen LogP) is 8.65. The van der Waals surface area contributed by atoms with E-state index in [9.17, 15) is 4.79 Å². The second-order valence-corrected chi connectivity index (χ2v) is 14.7. The Balaban J connectivity index is 1.68. The van der Waals surface area contributed by atoms with Crippen LogP contribution in [0.15, 0.2) is 127 Å². The van der Waals surface area contributed by atoms with Gasteiger partial charge >= 0.3 is 5.97 Å². The molecule has 1 aliphatic rings. The van der Waals surface area contributed by atoms with Crippen LogP contribution in [0.1, 0.15) is 38.2 Å². The van der Waals surface area contributed by atoms with E-state index in [0.29, 0.717) is 5.56 Å². The van der Waals surface area contributed by atoms with Crippen LogP contribution in [0.4, 0.5) is 28.4 Å². The fourth-order valence-electron chi connectivity index (χ4n) is 6.69. The highest BCUT2D eigenvalue weighted by Gasteiger charge is 2.44. The zero-order chi connectivity index (χ0) is 38.0. The fourth-order valence-corrected chi connectivity index (χ4v) is 6.69. The summed E-state index contributed by atoms with van der Waals surface area (Å²) in [6.07, 6.45) is 4.29. The molecular formula is C46H51N5O2. The fraction of sp³-hybridized carbons (Fsp3) is 0.239. The lowest BCUT2D eigenvalue weighted by atomic mass is 9.83. The molecule has 6 rings (SSSR count). The van der Waals surface area contributed by atoms with Crippen molar-refractivity contribution >= 4 is 45.6 Å². The molecular weight excluding hydrogens is 655 g/mol. The van der Waals surface area contributed by atoms with E-state index in [1.54, 1.807) is 0 Å². The van der Waals surface area contributed by atoms with Crippen LogP contribution >= 0.6 is 0 Å². The molecule has 5 aromatic rings. The van der Waals surface area contributed by atoms with Crippen molar-refractivity contribution in [2.45, 2.75) is 5.60 Å². The second-order valence-electron chi connectivity index (χ2n) is 14.7. The first-order chi connectivity index (χ1) is 25.3. The van der Waals surface area contributed by atoms with Crippen molar-refractivity contribution in [1.29, 1.82) is 0 Å². The summed E-state index contributed by atoms with van der Waals surface area (Å²) in [5.74, 6) is -0.355. The summed E-state index contributed by atoms with van der Waals surface area (Å²) in [5, 5.41) is 0. The number of hydrogen-bond acceptors (Lipinski definition) is 7. The van der Waals surface area contributed by atoms with Gasteiger partial charge in [-0.3, -0.25) is 0 Å². The van der Waals surface area contributed by atoms with Gasteiger partial charge in [-0.2, -0.15) is 0 Å². The number of benzene rings is 5. The number of esters is 1. The van der Waals surface area contributed by atoms with Gasteiger partial charge in [0.05, 0.1) is 5.56 Å². The molecule has 0 atom stereocenters. The number of carbonyl (C=O) groups is 1. The van der Waals surface area contributed by atoms with Crippen LogP contribution in [0.25, 0.3) is 11.1 Å². The first-order valence-electron chi connectivity index (χ1n) is 17.9. The summed E-state index contributed by atoms with van der Waals surface area (Å²) in [6.45, 7) is 0. The lowest BCUT2D eigenvalue weighted by Crippen LogP contribution is -2.23. The highest BCUT2D eigenvalue weighted by atomic mass is 16.6. The molecule has 0 spiro atoms. The molecule has 0 aliphatic carbocycles. The van der Waals surface area contributed by atoms with Gasteiger partial charge in [-0.05, 0) is 106 Å². The Morgan fingerprint density at radius 3 is 1.00 bits per heavy atom. The Bertz CT molecular complexity index is 1900. The van der Waals surface area contributed by atoms with Crippen LogP contribution in [-0.2, 0) is 10.3 Å². The number of ether oxygens (including phenoxy) is 1. The van der Waals surface area contributed by atoms with Crippen LogP contribution in [-0.4, -0.2) is 76.4 Å². The van der Waals surface area contributed by atoms with E-state index in [-0.39, 0.29) is 5.97 Å². The zero-order valence-electron chi connectivity index (χ0n) is 32.7. The largest absolute Gasteiger partial charge is 0.442 e. The summed E-state index contributed by atoms with van der Waals surface area (Å²) < 4.78 is 6.71. The first kappa shape index (κ1) is 36.8. The first-order valence-corrected chi connectivity index (χ1v) is 17.9. The number of cyclic esters (lactones) is 1. The van der Waals surface area contributed by atoms with Gasteiger partial charge in [-0.15, -0.1) is 0 Å². The molecule has 0 fully saturated rings. The summed E-state index contributed by atoms with van der Waals surface area (Å²) in [4.78, 5) is 24.5. The van der Waals surface area contributed by atoms with Gasteiger partial charge in [0.2, 0.25) is 0 Å². The minimum absolute atomic E-state index is 0.355. The number of carbonyl (C=O) groups excluding carboxylic acids is 1. The third kappa shape index (κ3) is 7.65.